The van der Waals surface area contributed by atoms with Gasteiger partial charge in [0.15, 0.2) is 0 Å². The van der Waals surface area contributed by atoms with E-state index in [0.29, 0.717) is 12.1 Å². The van der Waals surface area contributed by atoms with Gasteiger partial charge in [0.2, 0.25) is 10.0 Å². The van der Waals surface area contributed by atoms with Crippen LogP contribution in [0.15, 0.2) is 28.5 Å². The molecule has 3 N–H and O–H groups in total. The molecule has 1 heterocycles. The molecule has 0 unspecified atom stereocenters. The number of nitrogens with zero attached hydrogens (tertiary/aromatic N) is 2. The summed E-state index contributed by atoms with van der Waals surface area (Å²) in [5.74, 6) is 0. The maximum Gasteiger partial charge on any atom is 0.241 e. The zero-order valence-electron chi connectivity index (χ0n) is 11.3. The van der Waals surface area contributed by atoms with Crippen LogP contribution >= 0.6 is 11.3 Å². The lowest BCUT2D eigenvalue weighted by atomic mass is 10.2. The fourth-order valence-electron chi connectivity index (χ4n) is 1.78. The van der Waals surface area contributed by atoms with Crippen LogP contribution in [0, 0.1) is 18.3 Å². The molecule has 1 aromatic carbocycles. The minimum atomic E-state index is -3.74. The van der Waals surface area contributed by atoms with Crippen molar-refractivity contribution < 1.29 is 8.42 Å². The second-order valence-corrected chi connectivity index (χ2v) is 7.17. The number of thiazole rings is 1. The van der Waals surface area contributed by atoms with E-state index in [1.165, 1.54) is 29.5 Å². The molecule has 8 heteroatoms. The van der Waals surface area contributed by atoms with Gasteiger partial charge in [-0.05, 0) is 25.1 Å². The van der Waals surface area contributed by atoms with Gasteiger partial charge in [-0.15, -0.1) is 11.3 Å². The summed E-state index contributed by atoms with van der Waals surface area (Å²) in [5.41, 5.74) is 6.78. The maximum atomic E-state index is 12.2. The Labute approximate surface area is 127 Å². The zero-order valence-corrected chi connectivity index (χ0v) is 13.0. The monoisotopic (exact) mass is 322 g/mol. The number of nitrogen functional groups attached to an aromatic ring is 1. The van der Waals surface area contributed by atoms with Gasteiger partial charge in [0, 0.05) is 24.0 Å². The van der Waals surface area contributed by atoms with Crippen molar-refractivity contribution in [2.24, 2.45) is 0 Å². The molecule has 6 nitrogen and oxygen atoms in total. The van der Waals surface area contributed by atoms with Crippen molar-refractivity contribution in [1.82, 2.24) is 9.71 Å². The average molecular weight is 322 g/mol. The fourth-order valence-corrected chi connectivity index (χ4v) is 3.60. The van der Waals surface area contributed by atoms with Crippen molar-refractivity contribution in [2.45, 2.75) is 18.2 Å². The molecule has 0 amide bonds. The lowest BCUT2D eigenvalue weighted by Crippen LogP contribution is -2.26. The summed E-state index contributed by atoms with van der Waals surface area (Å²) >= 11 is 1.52. The van der Waals surface area contributed by atoms with E-state index in [1.54, 1.807) is 0 Å². The van der Waals surface area contributed by atoms with Crippen molar-refractivity contribution in [3.63, 3.8) is 0 Å². The fraction of sp³-hybridized carbons (Fsp3) is 0.231. The molecule has 0 radical (unpaired) electrons. The Balaban J connectivity index is 2.10. The Kier molecular flexibility index (Phi) is 4.57. The van der Waals surface area contributed by atoms with Crippen LogP contribution in [0.5, 0.6) is 0 Å². The number of nitrogens with one attached hydrogen (secondary N) is 1. The number of hydrogen-bond acceptors (Lipinski definition) is 6. The van der Waals surface area contributed by atoms with Crippen LogP contribution in [0.1, 0.15) is 16.3 Å². The van der Waals surface area contributed by atoms with Crippen LogP contribution in [0.4, 0.5) is 5.69 Å². The molecule has 0 atom stereocenters. The minimum absolute atomic E-state index is 0.0343. The summed E-state index contributed by atoms with van der Waals surface area (Å²) in [6.45, 7) is 2.12. The summed E-state index contributed by atoms with van der Waals surface area (Å²) in [7, 11) is -3.74. The average Bonchev–Trinajstić information content (AvgIpc) is 2.83. The number of sulfonamides is 1. The molecule has 2 rings (SSSR count). The lowest BCUT2D eigenvalue weighted by molar-refractivity contribution is 0.581. The van der Waals surface area contributed by atoms with E-state index in [1.807, 2.05) is 18.4 Å². The molecule has 0 aliphatic heterocycles. The van der Waals surface area contributed by atoms with Gasteiger partial charge < -0.3 is 5.73 Å². The molecular weight excluding hydrogens is 308 g/mol. The van der Waals surface area contributed by atoms with E-state index >= 15 is 0 Å². The van der Waals surface area contributed by atoms with E-state index in [0.717, 1.165) is 10.7 Å². The van der Waals surface area contributed by atoms with Gasteiger partial charge in [0.25, 0.3) is 0 Å². The van der Waals surface area contributed by atoms with Crippen molar-refractivity contribution in [3.8, 4) is 6.07 Å². The normalized spacial score (nSPS) is 11.2. The molecule has 0 fully saturated rings. The van der Waals surface area contributed by atoms with Gasteiger partial charge in [-0.1, -0.05) is 0 Å². The second kappa shape index (κ2) is 6.22. The van der Waals surface area contributed by atoms with Gasteiger partial charge >= 0.3 is 0 Å². The van der Waals surface area contributed by atoms with Gasteiger partial charge in [-0.3, -0.25) is 0 Å². The highest BCUT2D eigenvalue weighted by Gasteiger charge is 2.18. The van der Waals surface area contributed by atoms with Gasteiger partial charge in [-0.2, -0.15) is 5.26 Å². The first-order chi connectivity index (χ1) is 9.92. The van der Waals surface area contributed by atoms with Crippen molar-refractivity contribution in [1.29, 1.82) is 5.26 Å². The minimum Gasteiger partial charge on any atom is -0.399 e. The number of nitrogens with two attached hydrogens (primary N) is 1. The molecule has 2 aromatic rings. The highest BCUT2D eigenvalue weighted by Crippen LogP contribution is 2.18. The maximum absolute atomic E-state index is 12.2. The summed E-state index contributed by atoms with van der Waals surface area (Å²) in [6.07, 6.45) is 0.500. The number of benzene rings is 1. The van der Waals surface area contributed by atoms with E-state index in [9.17, 15) is 8.42 Å². The van der Waals surface area contributed by atoms with E-state index in [-0.39, 0.29) is 17.0 Å². The van der Waals surface area contributed by atoms with Crippen LogP contribution in [-0.4, -0.2) is 19.9 Å². The predicted molar refractivity (Wildman–Crippen MR) is 81.3 cm³/mol. The van der Waals surface area contributed by atoms with Gasteiger partial charge in [0.05, 0.1) is 21.2 Å². The molecule has 0 aliphatic rings. The predicted octanol–water partition coefficient (Wildman–Crippen LogP) is 1.43. The van der Waals surface area contributed by atoms with Crippen molar-refractivity contribution in [3.05, 3.63) is 39.8 Å². The molecule has 0 spiro atoms. The van der Waals surface area contributed by atoms with Crippen molar-refractivity contribution >= 4 is 27.0 Å². The van der Waals surface area contributed by atoms with E-state index in [4.69, 9.17) is 11.0 Å². The smallest absolute Gasteiger partial charge is 0.241 e. The third kappa shape index (κ3) is 3.78. The first-order valence-corrected chi connectivity index (χ1v) is 8.49. The number of aromatic nitrogens is 1. The molecule has 0 aliphatic carbocycles. The summed E-state index contributed by atoms with van der Waals surface area (Å²) in [5, 5.41) is 11.8. The van der Waals surface area contributed by atoms with Crippen LogP contribution in [0.3, 0.4) is 0 Å². The summed E-state index contributed by atoms with van der Waals surface area (Å²) in [4.78, 5) is 4.20. The molecule has 110 valence electrons. The first-order valence-electron chi connectivity index (χ1n) is 6.12. The Bertz CT molecular complexity index is 791. The zero-order chi connectivity index (χ0) is 15.5. The second-order valence-electron chi connectivity index (χ2n) is 4.37. The number of hydrogen-bond donors (Lipinski definition) is 2. The Morgan fingerprint density at radius 2 is 2.24 bits per heavy atom. The van der Waals surface area contributed by atoms with E-state index in [2.05, 4.69) is 9.71 Å². The SMILES string of the molecule is Cc1nc(CCNS(=O)(=O)c2ccc(N)cc2C#N)cs1. The van der Waals surface area contributed by atoms with Crippen LogP contribution in [-0.2, 0) is 16.4 Å². The molecule has 1 aromatic heterocycles. The standard InChI is InChI=1S/C13H14N4O2S2/c1-9-17-12(8-20-9)4-5-16-21(18,19)13-3-2-11(15)6-10(13)7-14/h2-3,6,8,16H,4-5,15H2,1H3. The number of nitriles is 1. The van der Waals surface area contributed by atoms with Crippen LogP contribution < -0.4 is 10.5 Å². The lowest BCUT2D eigenvalue weighted by Gasteiger charge is -2.08. The summed E-state index contributed by atoms with van der Waals surface area (Å²) in [6, 6.07) is 5.98. The quantitative estimate of drug-likeness (QED) is 0.809. The Hall–Kier alpha value is -1.95. The Morgan fingerprint density at radius 1 is 1.48 bits per heavy atom. The molecule has 0 bridgehead atoms. The Morgan fingerprint density at radius 3 is 2.86 bits per heavy atom. The highest BCUT2D eigenvalue weighted by molar-refractivity contribution is 7.89. The van der Waals surface area contributed by atoms with Gasteiger partial charge in [0.1, 0.15) is 6.07 Å². The first kappa shape index (κ1) is 15.4. The molecular formula is C13H14N4O2S2. The van der Waals surface area contributed by atoms with Gasteiger partial charge in [-0.25, -0.2) is 18.1 Å². The molecule has 0 saturated carbocycles. The molecule has 21 heavy (non-hydrogen) atoms. The van der Waals surface area contributed by atoms with Crippen LogP contribution in [0.2, 0.25) is 0 Å². The summed E-state index contributed by atoms with van der Waals surface area (Å²) < 4.78 is 26.9. The third-order valence-electron chi connectivity index (χ3n) is 2.75. The largest absolute Gasteiger partial charge is 0.399 e. The van der Waals surface area contributed by atoms with Crippen LogP contribution in [0.25, 0.3) is 0 Å². The van der Waals surface area contributed by atoms with E-state index < -0.39 is 10.0 Å². The van der Waals surface area contributed by atoms with Crippen molar-refractivity contribution in [2.75, 3.05) is 12.3 Å². The number of rotatable bonds is 5. The number of aryl methyl sites for hydroxylation is 1. The number of anilines is 1. The molecule has 0 saturated heterocycles. The third-order valence-corrected chi connectivity index (χ3v) is 5.09. The highest BCUT2D eigenvalue weighted by atomic mass is 32.2. The topological polar surface area (TPSA) is 109 Å².